The summed E-state index contributed by atoms with van der Waals surface area (Å²) in [6, 6.07) is 9.58. The van der Waals surface area contributed by atoms with Gasteiger partial charge in [0.15, 0.2) is 0 Å². The maximum atomic E-state index is 13.2. The zero-order valence-corrected chi connectivity index (χ0v) is 13.3. The van der Waals surface area contributed by atoms with Crippen molar-refractivity contribution in [2.75, 3.05) is 11.9 Å². The summed E-state index contributed by atoms with van der Waals surface area (Å²) in [5, 5.41) is 17.9. The molecule has 0 bridgehead atoms. The predicted octanol–water partition coefficient (Wildman–Crippen LogP) is 3.71. The number of hydrogen-bond donors (Lipinski definition) is 2. The van der Waals surface area contributed by atoms with Crippen molar-refractivity contribution in [1.29, 1.82) is 5.26 Å². The predicted molar refractivity (Wildman–Crippen MR) is 90.0 cm³/mol. The normalized spacial score (nSPS) is 18.9. The molecule has 2 aromatic rings. The van der Waals surface area contributed by atoms with Gasteiger partial charge in [0.2, 0.25) is 5.92 Å². The van der Waals surface area contributed by atoms with Crippen LogP contribution in [0.1, 0.15) is 25.7 Å². The van der Waals surface area contributed by atoms with Gasteiger partial charge in [-0.2, -0.15) is 5.26 Å². The minimum Gasteiger partial charge on any atom is -0.368 e. The summed E-state index contributed by atoms with van der Waals surface area (Å²) in [4.78, 5) is 4.10. The van der Waals surface area contributed by atoms with Gasteiger partial charge in [0.25, 0.3) is 0 Å². The summed E-state index contributed by atoms with van der Waals surface area (Å²) in [6.07, 6.45) is 4.24. The number of anilines is 1. The number of alkyl halides is 2. The van der Waals surface area contributed by atoms with E-state index in [1.165, 1.54) is 0 Å². The van der Waals surface area contributed by atoms with E-state index >= 15 is 0 Å². The number of benzene rings is 1. The van der Waals surface area contributed by atoms with Crippen molar-refractivity contribution < 1.29 is 8.78 Å². The van der Waals surface area contributed by atoms with Crippen LogP contribution in [0.4, 0.5) is 14.5 Å². The molecule has 1 heterocycles. The van der Waals surface area contributed by atoms with Crippen molar-refractivity contribution in [3.8, 4) is 6.07 Å². The van der Waals surface area contributed by atoms with Gasteiger partial charge in [-0.25, -0.2) is 8.78 Å². The Balaban J connectivity index is 1.60. The third-order valence-electron chi connectivity index (χ3n) is 4.49. The fourth-order valence-electron chi connectivity index (χ4n) is 3.09. The monoisotopic (exact) mass is 330 g/mol. The van der Waals surface area contributed by atoms with E-state index in [9.17, 15) is 14.0 Å². The highest BCUT2D eigenvalue weighted by Crippen LogP contribution is 2.33. The topological polar surface area (TPSA) is 60.7 Å². The lowest BCUT2D eigenvalue weighted by Crippen LogP contribution is -2.42. The van der Waals surface area contributed by atoms with Crippen LogP contribution in [-0.4, -0.2) is 29.5 Å². The van der Waals surface area contributed by atoms with Gasteiger partial charge in [-0.15, -0.1) is 0 Å². The van der Waals surface area contributed by atoms with Gasteiger partial charge >= 0.3 is 0 Å². The molecule has 126 valence electrons. The first-order chi connectivity index (χ1) is 11.6. The Kier molecular flexibility index (Phi) is 4.91. The molecule has 1 saturated carbocycles. The summed E-state index contributed by atoms with van der Waals surface area (Å²) in [5.74, 6) is -2.53. The molecule has 1 aromatic carbocycles. The van der Waals surface area contributed by atoms with Crippen LogP contribution in [0.25, 0.3) is 10.8 Å². The highest BCUT2D eigenvalue weighted by molar-refractivity contribution is 5.93. The summed E-state index contributed by atoms with van der Waals surface area (Å²) >= 11 is 0. The number of halogens is 2. The molecule has 24 heavy (non-hydrogen) atoms. The number of aromatic nitrogens is 1. The molecule has 2 N–H and O–H groups in total. The molecule has 1 fully saturated rings. The van der Waals surface area contributed by atoms with Gasteiger partial charge in [0, 0.05) is 54.3 Å². The molecule has 4 nitrogen and oxygen atoms in total. The molecule has 0 saturated heterocycles. The van der Waals surface area contributed by atoms with Crippen LogP contribution in [0.2, 0.25) is 0 Å². The maximum absolute atomic E-state index is 13.2. The van der Waals surface area contributed by atoms with Crippen molar-refractivity contribution in [3.05, 3.63) is 36.7 Å². The number of nitrogens with one attached hydrogen (secondary N) is 2. The van der Waals surface area contributed by atoms with E-state index in [4.69, 9.17) is 0 Å². The molecule has 1 aliphatic rings. The molecule has 1 unspecified atom stereocenters. The lowest BCUT2D eigenvalue weighted by atomic mass is 9.92. The molecule has 1 aromatic heterocycles. The van der Waals surface area contributed by atoms with Gasteiger partial charge in [0.1, 0.15) is 6.04 Å². The van der Waals surface area contributed by atoms with E-state index < -0.39 is 12.0 Å². The first kappa shape index (κ1) is 16.6. The second-order valence-electron chi connectivity index (χ2n) is 6.27. The number of hydrogen-bond acceptors (Lipinski definition) is 4. The third-order valence-corrected chi connectivity index (χ3v) is 4.49. The summed E-state index contributed by atoms with van der Waals surface area (Å²) in [5.41, 5.74) is 0.874. The average molecular weight is 330 g/mol. The fraction of sp³-hybridized carbons (Fsp3) is 0.444. The van der Waals surface area contributed by atoms with E-state index in [0.717, 1.165) is 16.5 Å². The summed E-state index contributed by atoms with van der Waals surface area (Å²) in [7, 11) is 0. The molecule has 1 aliphatic carbocycles. The Morgan fingerprint density at radius 1 is 1.29 bits per heavy atom. The van der Waals surface area contributed by atoms with Crippen LogP contribution < -0.4 is 10.6 Å². The number of nitriles is 1. The molecule has 1 atom stereocenters. The standard InChI is InChI=1S/C18H20F2N4/c19-18(20)7-4-14(5-8-18)23-12-15(10-21)24-17-3-1-2-13-11-22-9-6-16(13)17/h1-3,6,9,11,14-15,23-24H,4-5,7-8,12H2. The van der Waals surface area contributed by atoms with E-state index in [0.29, 0.717) is 19.4 Å². The molecular weight excluding hydrogens is 310 g/mol. The van der Waals surface area contributed by atoms with Gasteiger partial charge in [-0.3, -0.25) is 4.98 Å². The van der Waals surface area contributed by atoms with Gasteiger partial charge in [0.05, 0.1) is 6.07 Å². The third kappa shape index (κ3) is 3.98. The van der Waals surface area contributed by atoms with E-state index in [1.54, 1.807) is 12.4 Å². The van der Waals surface area contributed by atoms with Crippen LogP contribution in [0, 0.1) is 11.3 Å². The lowest BCUT2D eigenvalue weighted by molar-refractivity contribution is -0.0403. The highest BCUT2D eigenvalue weighted by atomic mass is 19.3. The van der Waals surface area contributed by atoms with Gasteiger partial charge in [-0.1, -0.05) is 12.1 Å². The van der Waals surface area contributed by atoms with Gasteiger partial charge in [-0.05, 0) is 25.0 Å². The Hall–Kier alpha value is -2.26. The molecule has 0 spiro atoms. The second kappa shape index (κ2) is 7.10. The van der Waals surface area contributed by atoms with Gasteiger partial charge < -0.3 is 10.6 Å². The highest BCUT2D eigenvalue weighted by Gasteiger charge is 2.34. The van der Waals surface area contributed by atoms with Crippen LogP contribution in [0.15, 0.2) is 36.7 Å². The quantitative estimate of drug-likeness (QED) is 0.877. The Morgan fingerprint density at radius 2 is 2.08 bits per heavy atom. The van der Waals surface area contributed by atoms with Crippen molar-refractivity contribution in [3.63, 3.8) is 0 Å². The minimum atomic E-state index is -2.53. The van der Waals surface area contributed by atoms with E-state index in [-0.39, 0.29) is 18.9 Å². The largest absolute Gasteiger partial charge is 0.368 e. The first-order valence-corrected chi connectivity index (χ1v) is 8.17. The summed E-state index contributed by atoms with van der Waals surface area (Å²) < 4.78 is 26.4. The smallest absolute Gasteiger partial charge is 0.248 e. The SMILES string of the molecule is N#CC(CNC1CCC(F)(F)CC1)Nc1cccc2cnccc12. The van der Waals surface area contributed by atoms with Crippen molar-refractivity contribution in [1.82, 2.24) is 10.3 Å². The van der Waals surface area contributed by atoms with Crippen LogP contribution in [0.3, 0.4) is 0 Å². The van der Waals surface area contributed by atoms with Crippen molar-refractivity contribution in [2.24, 2.45) is 0 Å². The van der Waals surface area contributed by atoms with Crippen LogP contribution in [0.5, 0.6) is 0 Å². The molecule has 6 heteroatoms. The number of pyridine rings is 1. The zero-order valence-electron chi connectivity index (χ0n) is 13.3. The van der Waals surface area contributed by atoms with Crippen molar-refractivity contribution in [2.45, 2.75) is 43.7 Å². The molecule has 3 rings (SSSR count). The van der Waals surface area contributed by atoms with Crippen LogP contribution in [-0.2, 0) is 0 Å². The molecule has 0 amide bonds. The number of nitrogens with zero attached hydrogens (tertiary/aromatic N) is 2. The molecule has 0 aliphatic heterocycles. The van der Waals surface area contributed by atoms with E-state index in [1.807, 2.05) is 24.3 Å². The average Bonchev–Trinajstić information content (AvgIpc) is 2.59. The zero-order chi connectivity index (χ0) is 17.0. The Labute approximate surface area is 139 Å². The molecular formula is C18H20F2N4. The Bertz CT molecular complexity index is 726. The first-order valence-electron chi connectivity index (χ1n) is 8.17. The Morgan fingerprint density at radius 3 is 2.83 bits per heavy atom. The van der Waals surface area contributed by atoms with Crippen LogP contribution >= 0.6 is 0 Å². The van der Waals surface area contributed by atoms with E-state index in [2.05, 4.69) is 21.7 Å². The second-order valence-corrected chi connectivity index (χ2v) is 6.27. The fourth-order valence-corrected chi connectivity index (χ4v) is 3.09. The lowest BCUT2D eigenvalue weighted by Gasteiger charge is -2.29. The van der Waals surface area contributed by atoms with Crippen molar-refractivity contribution >= 4 is 16.5 Å². The molecule has 0 radical (unpaired) electrons. The maximum Gasteiger partial charge on any atom is 0.248 e. The number of fused-ring (bicyclic) bond motifs is 1. The number of rotatable bonds is 5. The summed E-state index contributed by atoms with van der Waals surface area (Å²) in [6.45, 7) is 0.425. The minimum absolute atomic E-state index is 0.0546.